The number of nitrogen functional groups attached to an aromatic ring is 1. The molecule has 4 nitrogen and oxygen atoms in total. The second-order valence-electron chi connectivity index (χ2n) is 4.09. The van der Waals surface area contributed by atoms with Crippen molar-refractivity contribution in [1.29, 1.82) is 0 Å². The minimum absolute atomic E-state index is 0.0480. The summed E-state index contributed by atoms with van der Waals surface area (Å²) >= 11 is 0. The van der Waals surface area contributed by atoms with Crippen LogP contribution >= 0.6 is 0 Å². The molecule has 0 aliphatic carbocycles. The lowest BCUT2D eigenvalue weighted by atomic mass is 10.2. The Labute approximate surface area is 102 Å². The van der Waals surface area contributed by atoms with Gasteiger partial charge < -0.3 is 19.9 Å². The van der Waals surface area contributed by atoms with Crippen LogP contribution in [0.25, 0.3) is 0 Å². The van der Waals surface area contributed by atoms with Crippen LogP contribution < -0.4 is 10.5 Å². The van der Waals surface area contributed by atoms with Crippen LogP contribution in [0.2, 0.25) is 0 Å². The van der Waals surface area contributed by atoms with Gasteiger partial charge in [-0.15, -0.1) is 0 Å². The second-order valence-corrected chi connectivity index (χ2v) is 4.09. The molecule has 0 bridgehead atoms. The highest BCUT2D eigenvalue weighted by Gasteiger charge is 2.13. The molecule has 0 saturated carbocycles. The van der Waals surface area contributed by atoms with Crippen molar-refractivity contribution in [2.75, 3.05) is 25.6 Å². The van der Waals surface area contributed by atoms with Gasteiger partial charge in [0, 0.05) is 18.4 Å². The molecule has 1 unspecified atom stereocenters. The zero-order valence-corrected chi connectivity index (χ0v) is 9.93. The summed E-state index contributed by atoms with van der Waals surface area (Å²) in [5.41, 5.74) is 6.36. The number of benzene rings is 1. The van der Waals surface area contributed by atoms with E-state index in [1.54, 1.807) is 6.07 Å². The van der Waals surface area contributed by atoms with Crippen LogP contribution in [0, 0.1) is 0 Å². The van der Waals surface area contributed by atoms with Gasteiger partial charge >= 0.3 is 0 Å². The molecule has 17 heavy (non-hydrogen) atoms. The van der Waals surface area contributed by atoms with Crippen LogP contribution in [-0.2, 0) is 9.47 Å². The topological polar surface area (TPSA) is 53.7 Å². The maximum atomic E-state index is 5.65. The van der Waals surface area contributed by atoms with Crippen molar-refractivity contribution in [3.8, 4) is 5.75 Å². The molecule has 1 atom stereocenters. The molecule has 0 aromatic heterocycles. The molecule has 1 fully saturated rings. The minimum Gasteiger partial charge on any atom is -0.491 e. The molecule has 1 saturated heterocycles. The van der Waals surface area contributed by atoms with Gasteiger partial charge in [0.15, 0.2) is 6.29 Å². The van der Waals surface area contributed by atoms with Gasteiger partial charge in [0.2, 0.25) is 0 Å². The van der Waals surface area contributed by atoms with Crippen LogP contribution in [0.5, 0.6) is 5.75 Å². The van der Waals surface area contributed by atoms with Crippen molar-refractivity contribution in [3.63, 3.8) is 0 Å². The first-order valence-corrected chi connectivity index (χ1v) is 6.06. The van der Waals surface area contributed by atoms with Gasteiger partial charge in [-0.1, -0.05) is 6.07 Å². The summed E-state index contributed by atoms with van der Waals surface area (Å²) in [6, 6.07) is 7.39. The first-order chi connectivity index (χ1) is 8.34. The van der Waals surface area contributed by atoms with Crippen molar-refractivity contribution in [1.82, 2.24) is 0 Å². The van der Waals surface area contributed by atoms with Gasteiger partial charge in [0.05, 0.1) is 6.61 Å². The fourth-order valence-corrected chi connectivity index (χ4v) is 1.79. The lowest BCUT2D eigenvalue weighted by Crippen LogP contribution is -2.24. The summed E-state index contributed by atoms with van der Waals surface area (Å²) in [7, 11) is 0. The van der Waals surface area contributed by atoms with E-state index in [0.717, 1.165) is 25.2 Å². The van der Waals surface area contributed by atoms with E-state index in [-0.39, 0.29) is 6.29 Å². The Hall–Kier alpha value is -1.26. The zero-order valence-electron chi connectivity index (χ0n) is 9.93. The smallest absolute Gasteiger partial charge is 0.157 e. The monoisotopic (exact) mass is 237 g/mol. The summed E-state index contributed by atoms with van der Waals surface area (Å²) in [5.74, 6) is 0.776. The molecular weight excluding hydrogens is 218 g/mol. The van der Waals surface area contributed by atoms with Crippen LogP contribution in [0.1, 0.15) is 19.3 Å². The van der Waals surface area contributed by atoms with E-state index in [1.807, 2.05) is 18.2 Å². The lowest BCUT2D eigenvalue weighted by Gasteiger charge is -2.22. The number of anilines is 1. The SMILES string of the molecule is Nc1cccc(OCCOC2CCCCO2)c1. The van der Waals surface area contributed by atoms with Crippen molar-refractivity contribution >= 4 is 5.69 Å². The summed E-state index contributed by atoms with van der Waals surface area (Å²) in [4.78, 5) is 0. The van der Waals surface area contributed by atoms with E-state index in [1.165, 1.54) is 6.42 Å². The highest BCUT2D eigenvalue weighted by molar-refractivity contribution is 5.43. The van der Waals surface area contributed by atoms with Crippen LogP contribution in [0.4, 0.5) is 5.69 Å². The number of ether oxygens (including phenoxy) is 3. The Morgan fingerprint density at radius 2 is 2.24 bits per heavy atom. The summed E-state index contributed by atoms with van der Waals surface area (Å²) in [5, 5.41) is 0. The number of hydrogen-bond acceptors (Lipinski definition) is 4. The molecular formula is C13H19NO3. The maximum absolute atomic E-state index is 5.65. The minimum atomic E-state index is -0.0480. The Morgan fingerprint density at radius 1 is 1.29 bits per heavy atom. The van der Waals surface area contributed by atoms with Gasteiger partial charge in [-0.05, 0) is 31.4 Å². The van der Waals surface area contributed by atoms with Gasteiger partial charge in [-0.3, -0.25) is 0 Å². The molecule has 0 spiro atoms. The third-order valence-corrected chi connectivity index (χ3v) is 2.65. The van der Waals surface area contributed by atoms with E-state index in [2.05, 4.69) is 0 Å². The fourth-order valence-electron chi connectivity index (χ4n) is 1.79. The van der Waals surface area contributed by atoms with E-state index in [4.69, 9.17) is 19.9 Å². The Morgan fingerprint density at radius 3 is 3.00 bits per heavy atom. The quantitative estimate of drug-likeness (QED) is 0.630. The summed E-state index contributed by atoms with van der Waals surface area (Å²) in [6.45, 7) is 1.86. The van der Waals surface area contributed by atoms with Gasteiger partial charge in [0.1, 0.15) is 12.4 Å². The fraction of sp³-hybridized carbons (Fsp3) is 0.538. The lowest BCUT2D eigenvalue weighted by molar-refractivity contribution is -0.165. The molecule has 4 heteroatoms. The molecule has 2 N–H and O–H groups in total. The van der Waals surface area contributed by atoms with Crippen LogP contribution in [0.15, 0.2) is 24.3 Å². The third kappa shape index (κ3) is 4.24. The largest absolute Gasteiger partial charge is 0.491 e. The average molecular weight is 237 g/mol. The highest BCUT2D eigenvalue weighted by atomic mass is 16.7. The summed E-state index contributed by atoms with van der Waals surface area (Å²) < 4.78 is 16.5. The predicted molar refractivity (Wildman–Crippen MR) is 65.9 cm³/mol. The molecule has 0 amide bonds. The van der Waals surface area contributed by atoms with E-state index in [0.29, 0.717) is 18.9 Å². The van der Waals surface area contributed by atoms with Crippen LogP contribution in [0.3, 0.4) is 0 Å². The first-order valence-electron chi connectivity index (χ1n) is 6.06. The molecule has 2 rings (SSSR count). The average Bonchev–Trinajstić information content (AvgIpc) is 2.36. The Kier molecular flexibility index (Phi) is 4.64. The van der Waals surface area contributed by atoms with Crippen molar-refractivity contribution < 1.29 is 14.2 Å². The van der Waals surface area contributed by atoms with E-state index in [9.17, 15) is 0 Å². The predicted octanol–water partition coefficient (Wildman–Crippen LogP) is 2.19. The van der Waals surface area contributed by atoms with Gasteiger partial charge in [0.25, 0.3) is 0 Å². The van der Waals surface area contributed by atoms with Crippen molar-refractivity contribution in [2.45, 2.75) is 25.6 Å². The molecule has 1 aromatic carbocycles. The second kappa shape index (κ2) is 6.47. The Bertz CT molecular complexity index is 337. The Balaban J connectivity index is 1.62. The number of hydrogen-bond donors (Lipinski definition) is 1. The standard InChI is InChI=1S/C13H19NO3/c14-11-4-3-5-12(10-11)15-8-9-17-13-6-1-2-7-16-13/h3-5,10,13H,1-2,6-9,14H2. The molecule has 1 aromatic rings. The molecule has 1 aliphatic rings. The third-order valence-electron chi connectivity index (χ3n) is 2.65. The van der Waals surface area contributed by atoms with E-state index >= 15 is 0 Å². The van der Waals surface area contributed by atoms with Gasteiger partial charge in [-0.2, -0.15) is 0 Å². The molecule has 0 radical (unpaired) electrons. The van der Waals surface area contributed by atoms with Gasteiger partial charge in [-0.25, -0.2) is 0 Å². The van der Waals surface area contributed by atoms with Crippen LogP contribution in [-0.4, -0.2) is 26.1 Å². The number of rotatable bonds is 5. The highest BCUT2D eigenvalue weighted by Crippen LogP contribution is 2.15. The number of nitrogens with two attached hydrogens (primary N) is 1. The first kappa shape index (κ1) is 12.2. The normalized spacial score (nSPS) is 20.1. The zero-order chi connectivity index (χ0) is 11.9. The van der Waals surface area contributed by atoms with E-state index < -0.39 is 0 Å². The molecule has 1 aliphatic heterocycles. The van der Waals surface area contributed by atoms with Crippen molar-refractivity contribution in [3.05, 3.63) is 24.3 Å². The summed E-state index contributed by atoms with van der Waals surface area (Å²) in [6.07, 6.45) is 3.26. The van der Waals surface area contributed by atoms with Crippen molar-refractivity contribution in [2.24, 2.45) is 0 Å². The molecule has 1 heterocycles. The maximum Gasteiger partial charge on any atom is 0.157 e. The molecule has 94 valence electrons.